The maximum absolute atomic E-state index is 10.9. The summed E-state index contributed by atoms with van der Waals surface area (Å²) in [6.07, 6.45) is 0.768. The van der Waals surface area contributed by atoms with E-state index in [9.17, 15) is 4.79 Å². The molecular weight excluding hydrogens is 220 g/mol. The first-order valence-corrected chi connectivity index (χ1v) is 5.58. The molecular formula is C13H16O4. The number of carboxylic acids is 1. The van der Waals surface area contributed by atoms with Crippen LogP contribution >= 0.6 is 0 Å². The van der Waals surface area contributed by atoms with Crippen LogP contribution < -0.4 is 4.74 Å². The van der Waals surface area contributed by atoms with Gasteiger partial charge < -0.3 is 14.6 Å². The molecule has 0 amide bonds. The Kier molecular flexibility index (Phi) is 3.07. The summed E-state index contributed by atoms with van der Waals surface area (Å²) in [7, 11) is 1.62. The van der Waals surface area contributed by atoms with Crippen LogP contribution in [-0.2, 0) is 15.1 Å². The topological polar surface area (TPSA) is 55.8 Å². The molecule has 0 aliphatic carbocycles. The maximum atomic E-state index is 10.9. The third-order valence-electron chi connectivity index (χ3n) is 3.24. The van der Waals surface area contributed by atoms with Gasteiger partial charge in [-0.1, -0.05) is 6.07 Å². The summed E-state index contributed by atoms with van der Waals surface area (Å²) in [5.74, 6) is -0.0308. The van der Waals surface area contributed by atoms with Gasteiger partial charge in [0.2, 0.25) is 0 Å². The molecule has 0 spiro atoms. The number of carbonyl (C=O) groups is 1. The Labute approximate surface area is 100 Å². The largest absolute Gasteiger partial charge is 0.496 e. The van der Waals surface area contributed by atoms with Gasteiger partial charge in [0.05, 0.1) is 20.1 Å². The molecule has 1 aliphatic heterocycles. The van der Waals surface area contributed by atoms with Crippen molar-refractivity contribution in [3.8, 4) is 5.75 Å². The fourth-order valence-electron chi connectivity index (χ4n) is 2.22. The summed E-state index contributed by atoms with van der Waals surface area (Å²) in [5, 5.41) is 8.94. The molecule has 1 unspecified atom stereocenters. The van der Waals surface area contributed by atoms with E-state index < -0.39 is 11.6 Å². The highest BCUT2D eigenvalue weighted by Crippen LogP contribution is 2.41. The van der Waals surface area contributed by atoms with Gasteiger partial charge in [0, 0.05) is 6.42 Å². The smallest absolute Gasteiger partial charge is 0.306 e. The highest BCUT2D eigenvalue weighted by atomic mass is 16.5. The zero-order valence-corrected chi connectivity index (χ0v) is 10.0. The second-order valence-electron chi connectivity index (χ2n) is 4.35. The predicted octanol–water partition coefficient (Wildman–Crippen LogP) is 2.09. The van der Waals surface area contributed by atoms with E-state index in [0.29, 0.717) is 6.61 Å². The monoisotopic (exact) mass is 236 g/mol. The SMILES string of the molecule is COc1ccc(C2(CC(=O)O)CCO2)cc1C. The van der Waals surface area contributed by atoms with E-state index in [-0.39, 0.29) is 6.42 Å². The van der Waals surface area contributed by atoms with Gasteiger partial charge in [0.1, 0.15) is 11.4 Å². The summed E-state index contributed by atoms with van der Waals surface area (Å²) in [6, 6.07) is 5.69. The van der Waals surface area contributed by atoms with Gasteiger partial charge in [-0.05, 0) is 30.2 Å². The zero-order valence-electron chi connectivity index (χ0n) is 10.0. The molecule has 0 aromatic heterocycles. The van der Waals surface area contributed by atoms with Crippen LogP contribution in [0.1, 0.15) is 24.0 Å². The standard InChI is InChI=1S/C13H16O4/c1-9-7-10(3-4-11(9)16-2)13(5-6-17-13)8-12(14)15/h3-4,7H,5-6,8H2,1-2H3,(H,14,15). The number of aliphatic carboxylic acids is 1. The van der Waals surface area contributed by atoms with Gasteiger partial charge in [0.25, 0.3) is 0 Å². The quantitative estimate of drug-likeness (QED) is 0.869. The first-order chi connectivity index (χ1) is 8.07. The number of carboxylic acid groups (broad SMARTS) is 1. The van der Waals surface area contributed by atoms with E-state index in [0.717, 1.165) is 23.3 Å². The Hall–Kier alpha value is -1.55. The Bertz CT molecular complexity index is 435. The van der Waals surface area contributed by atoms with Crippen molar-refractivity contribution in [1.82, 2.24) is 0 Å². The fourth-order valence-corrected chi connectivity index (χ4v) is 2.22. The highest BCUT2D eigenvalue weighted by Gasteiger charge is 2.42. The summed E-state index contributed by atoms with van der Waals surface area (Å²) in [4.78, 5) is 10.9. The van der Waals surface area contributed by atoms with Crippen LogP contribution in [-0.4, -0.2) is 24.8 Å². The lowest BCUT2D eigenvalue weighted by molar-refractivity contribution is -0.176. The minimum absolute atomic E-state index is 0.0127. The van der Waals surface area contributed by atoms with Crippen LogP contribution in [0.4, 0.5) is 0 Å². The van der Waals surface area contributed by atoms with Crippen LogP contribution in [0.3, 0.4) is 0 Å². The molecule has 17 heavy (non-hydrogen) atoms. The fraction of sp³-hybridized carbons (Fsp3) is 0.462. The molecule has 1 fully saturated rings. The van der Waals surface area contributed by atoms with Crippen LogP contribution in [0.2, 0.25) is 0 Å². The van der Waals surface area contributed by atoms with Crippen molar-refractivity contribution in [1.29, 1.82) is 0 Å². The average molecular weight is 236 g/mol. The van der Waals surface area contributed by atoms with Gasteiger partial charge in [0.15, 0.2) is 0 Å². The Morgan fingerprint density at radius 1 is 1.59 bits per heavy atom. The summed E-state index contributed by atoms with van der Waals surface area (Å²) in [5.41, 5.74) is 1.28. The molecule has 1 aliphatic rings. The predicted molar refractivity (Wildman–Crippen MR) is 62.2 cm³/mol. The van der Waals surface area contributed by atoms with E-state index in [1.165, 1.54) is 0 Å². The molecule has 1 atom stereocenters. The second kappa shape index (κ2) is 4.37. The van der Waals surface area contributed by atoms with Gasteiger partial charge in [-0.3, -0.25) is 4.79 Å². The van der Waals surface area contributed by atoms with Crippen molar-refractivity contribution < 1.29 is 19.4 Å². The lowest BCUT2D eigenvalue weighted by Gasteiger charge is -2.41. The Balaban J connectivity index is 2.31. The van der Waals surface area contributed by atoms with E-state index in [1.807, 2.05) is 25.1 Å². The van der Waals surface area contributed by atoms with Crippen LogP contribution in [0.5, 0.6) is 5.75 Å². The van der Waals surface area contributed by atoms with Crippen molar-refractivity contribution in [2.75, 3.05) is 13.7 Å². The van der Waals surface area contributed by atoms with Crippen molar-refractivity contribution in [2.45, 2.75) is 25.4 Å². The highest BCUT2D eigenvalue weighted by molar-refractivity contribution is 5.69. The molecule has 4 nitrogen and oxygen atoms in total. The van der Waals surface area contributed by atoms with E-state index in [1.54, 1.807) is 7.11 Å². The van der Waals surface area contributed by atoms with E-state index >= 15 is 0 Å². The van der Waals surface area contributed by atoms with Crippen LogP contribution in [0.25, 0.3) is 0 Å². The molecule has 1 saturated heterocycles. The number of hydrogen-bond donors (Lipinski definition) is 1. The summed E-state index contributed by atoms with van der Waals surface area (Å²) >= 11 is 0. The Morgan fingerprint density at radius 3 is 2.71 bits per heavy atom. The lowest BCUT2D eigenvalue weighted by Crippen LogP contribution is -2.42. The first kappa shape index (κ1) is 11.9. The molecule has 2 rings (SSSR count). The average Bonchev–Trinajstić information content (AvgIpc) is 2.23. The normalized spacial score (nSPS) is 22.9. The maximum Gasteiger partial charge on any atom is 0.306 e. The number of rotatable bonds is 4. The van der Waals surface area contributed by atoms with Gasteiger partial charge in [-0.25, -0.2) is 0 Å². The number of methoxy groups -OCH3 is 1. The van der Waals surface area contributed by atoms with Crippen LogP contribution in [0.15, 0.2) is 18.2 Å². The molecule has 0 saturated carbocycles. The minimum atomic E-state index is -0.835. The third kappa shape index (κ3) is 2.13. The van der Waals surface area contributed by atoms with E-state index in [2.05, 4.69) is 0 Å². The molecule has 1 heterocycles. The van der Waals surface area contributed by atoms with Crippen molar-refractivity contribution in [3.63, 3.8) is 0 Å². The minimum Gasteiger partial charge on any atom is -0.496 e. The lowest BCUT2D eigenvalue weighted by atomic mass is 9.83. The number of benzene rings is 1. The number of ether oxygens (including phenoxy) is 2. The number of aryl methyl sites for hydroxylation is 1. The van der Waals surface area contributed by atoms with Crippen LogP contribution in [0, 0.1) is 6.92 Å². The molecule has 0 radical (unpaired) electrons. The zero-order chi connectivity index (χ0) is 12.5. The summed E-state index contributed by atoms with van der Waals surface area (Å²) in [6.45, 7) is 2.56. The molecule has 1 N–H and O–H groups in total. The number of hydrogen-bond acceptors (Lipinski definition) is 3. The molecule has 4 heteroatoms. The molecule has 92 valence electrons. The Morgan fingerprint density at radius 2 is 2.29 bits per heavy atom. The van der Waals surface area contributed by atoms with Crippen molar-refractivity contribution in [3.05, 3.63) is 29.3 Å². The van der Waals surface area contributed by atoms with Crippen molar-refractivity contribution >= 4 is 5.97 Å². The third-order valence-corrected chi connectivity index (χ3v) is 3.24. The van der Waals surface area contributed by atoms with Gasteiger partial charge in [-0.15, -0.1) is 0 Å². The first-order valence-electron chi connectivity index (χ1n) is 5.58. The molecule has 0 bridgehead atoms. The van der Waals surface area contributed by atoms with Gasteiger partial charge in [-0.2, -0.15) is 0 Å². The second-order valence-corrected chi connectivity index (χ2v) is 4.35. The van der Waals surface area contributed by atoms with Gasteiger partial charge >= 0.3 is 5.97 Å². The van der Waals surface area contributed by atoms with Crippen molar-refractivity contribution in [2.24, 2.45) is 0 Å². The van der Waals surface area contributed by atoms with E-state index in [4.69, 9.17) is 14.6 Å². The molecule has 1 aromatic carbocycles. The summed E-state index contributed by atoms with van der Waals surface area (Å²) < 4.78 is 10.7. The molecule has 1 aromatic rings.